The van der Waals surface area contributed by atoms with E-state index in [9.17, 15) is 9.18 Å². The quantitative estimate of drug-likeness (QED) is 0.225. The van der Waals surface area contributed by atoms with Crippen LogP contribution in [0.25, 0.3) is 39.5 Å². The van der Waals surface area contributed by atoms with Gasteiger partial charge in [0.05, 0.1) is 22.6 Å². The van der Waals surface area contributed by atoms with Crippen LogP contribution in [0.5, 0.6) is 5.75 Å². The van der Waals surface area contributed by atoms with Crippen molar-refractivity contribution in [3.63, 3.8) is 0 Å². The second-order valence-corrected chi connectivity index (χ2v) is 11.2. The Balaban J connectivity index is 1.58. The van der Waals surface area contributed by atoms with Gasteiger partial charge in [0.25, 0.3) is 0 Å². The molecule has 1 aliphatic carbocycles. The largest absolute Gasteiger partial charge is 0.491 e. The summed E-state index contributed by atoms with van der Waals surface area (Å²) in [6, 6.07) is 10.6. The summed E-state index contributed by atoms with van der Waals surface area (Å²) in [6.07, 6.45) is 3.06. The van der Waals surface area contributed by atoms with Gasteiger partial charge in [-0.25, -0.2) is 23.4 Å². The van der Waals surface area contributed by atoms with E-state index in [0.717, 1.165) is 16.9 Å². The lowest BCUT2D eigenvalue weighted by Crippen LogP contribution is -2.24. The number of ether oxygens (including phenoxy) is 1. The van der Waals surface area contributed by atoms with Gasteiger partial charge in [-0.05, 0) is 75.2 Å². The topological polar surface area (TPSA) is 109 Å². The molecule has 2 N–H and O–H groups in total. The van der Waals surface area contributed by atoms with E-state index in [0.29, 0.717) is 16.7 Å². The summed E-state index contributed by atoms with van der Waals surface area (Å²) >= 11 is 0. The summed E-state index contributed by atoms with van der Waals surface area (Å²) in [5.41, 5.74) is 8.68. The third-order valence-corrected chi connectivity index (χ3v) is 7.68. The summed E-state index contributed by atoms with van der Waals surface area (Å²) in [4.78, 5) is 22.7. The standard InChI is InChI=1S/C33H31F2N5O3/c1-16(2)42-23-12-10-21(13-18(23)4)29-27-32(36)37-15-38-33(27)40(39-29)19(5)31-25(20-7-6-8-22(34)14-20)30(41)26-24(43-31)11-9-17(3)28(26)35/h6-17,19,28H,1-5H3,(H2,36,37,38). The molecule has 0 amide bonds. The van der Waals surface area contributed by atoms with Crippen molar-refractivity contribution in [1.82, 2.24) is 19.7 Å². The highest BCUT2D eigenvalue weighted by Gasteiger charge is 2.33. The fourth-order valence-electron chi connectivity index (χ4n) is 5.54. The number of allylic oxidation sites excluding steroid dienone is 1. The Hall–Kier alpha value is -4.86. The maximum Gasteiger partial charge on any atom is 0.199 e. The Morgan fingerprint density at radius 1 is 1.09 bits per heavy atom. The number of nitrogens with two attached hydrogens (primary N) is 1. The number of nitrogens with zero attached hydrogens (tertiary/aromatic N) is 4. The number of benzene rings is 2. The van der Waals surface area contributed by atoms with Crippen LogP contribution in [0.1, 0.15) is 62.6 Å². The molecule has 0 bridgehead atoms. The molecule has 8 nitrogen and oxygen atoms in total. The zero-order valence-corrected chi connectivity index (χ0v) is 24.4. The molecular formula is C33H31F2N5O3. The second-order valence-electron chi connectivity index (χ2n) is 11.2. The predicted octanol–water partition coefficient (Wildman–Crippen LogP) is 7.21. The fourth-order valence-corrected chi connectivity index (χ4v) is 5.54. The minimum absolute atomic E-state index is 0.0128. The van der Waals surface area contributed by atoms with Crippen molar-refractivity contribution in [2.75, 3.05) is 5.73 Å². The molecule has 0 fully saturated rings. The molecule has 0 aliphatic heterocycles. The Morgan fingerprint density at radius 3 is 2.60 bits per heavy atom. The summed E-state index contributed by atoms with van der Waals surface area (Å²) in [6.45, 7) is 9.34. The number of aromatic nitrogens is 4. The van der Waals surface area contributed by atoms with Crippen LogP contribution in [0.2, 0.25) is 0 Å². The first-order valence-corrected chi connectivity index (χ1v) is 14.1. The van der Waals surface area contributed by atoms with Gasteiger partial charge >= 0.3 is 0 Å². The number of hydrogen-bond acceptors (Lipinski definition) is 7. The van der Waals surface area contributed by atoms with Crippen molar-refractivity contribution in [2.24, 2.45) is 5.92 Å². The van der Waals surface area contributed by atoms with E-state index in [1.165, 1.54) is 24.5 Å². The SMILES string of the molecule is Cc1cc(-c2nn(C(C)c3oc4c(c(=O)c3-c3cccc(F)c3)C(F)C(C)C=C4)c3ncnc(N)c23)ccc1OC(C)C. The molecular weight excluding hydrogens is 552 g/mol. The molecule has 0 radical (unpaired) electrons. The van der Waals surface area contributed by atoms with E-state index < -0.39 is 29.4 Å². The predicted molar refractivity (Wildman–Crippen MR) is 162 cm³/mol. The van der Waals surface area contributed by atoms with Gasteiger partial charge in [0.2, 0.25) is 0 Å². The van der Waals surface area contributed by atoms with E-state index in [1.54, 1.807) is 36.7 Å². The molecule has 1 aliphatic rings. The Labute approximate surface area is 246 Å². The maximum atomic E-state index is 15.4. The average molecular weight is 584 g/mol. The molecule has 3 aromatic heterocycles. The summed E-state index contributed by atoms with van der Waals surface area (Å²) in [5, 5.41) is 5.44. The normalized spacial score (nSPS) is 16.9. The molecule has 3 atom stereocenters. The molecule has 6 rings (SSSR count). The van der Waals surface area contributed by atoms with Gasteiger partial charge in [0, 0.05) is 11.5 Å². The molecule has 5 aromatic rings. The third-order valence-electron chi connectivity index (χ3n) is 7.68. The van der Waals surface area contributed by atoms with Gasteiger partial charge in [-0.2, -0.15) is 5.10 Å². The summed E-state index contributed by atoms with van der Waals surface area (Å²) in [7, 11) is 0. The number of rotatable bonds is 6. The number of hydrogen-bond donors (Lipinski definition) is 1. The summed E-state index contributed by atoms with van der Waals surface area (Å²) in [5.74, 6) is 0.241. The van der Waals surface area contributed by atoms with Crippen LogP contribution in [0.15, 0.2) is 64.1 Å². The Morgan fingerprint density at radius 2 is 1.88 bits per heavy atom. The maximum absolute atomic E-state index is 15.4. The van der Waals surface area contributed by atoms with Crippen LogP contribution in [-0.4, -0.2) is 25.9 Å². The van der Waals surface area contributed by atoms with Crippen LogP contribution in [0.4, 0.5) is 14.6 Å². The number of anilines is 1. The van der Waals surface area contributed by atoms with E-state index in [4.69, 9.17) is 20.0 Å². The number of halogens is 2. The molecule has 220 valence electrons. The van der Waals surface area contributed by atoms with E-state index in [2.05, 4.69) is 9.97 Å². The molecule has 0 saturated heterocycles. The van der Waals surface area contributed by atoms with E-state index in [-0.39, 0.29) is 40.1 Å². The second kappa shape index (κ2) is 10.8. The van der Waals surface area contributed by atoms with Crippen LogP contribution in [-0.2, 0) is 0 Å². The van der Waals surface area contributed by atoms with Gasteiger partial charge in [0.1, 0.15) is 53.1 Å². The lowest BCUT2D eigenvalue weighted by Gasteiger charge is -2.23. The van der Waals surface area contributed by atoms with E-state index >= 15 is 4.39 Å². The molecule has 0 spiro atoms. The van der Waals surface area contributed by atoms with Gasteiger partial charge in [-0.15, -0.1) is 0 Å². The Bertz CT molecular complexity index is 1960. The lowest BCUT2D eigenvalue weighted by atomic mass is 9.89. The fraction of sp³-hybridized carbons (Fsp3) is 0.273. The van der Waals surface area contributed by atoms with E-state index in [1.807, 2.05) is 39.0 Å². The number of aryl methyl sites for hydroxylation is 1. The average Bonchev–Trinajstić information content (AvgIpc) is 3.36. The third kappa shape index (κ3) is 4.86. The van der Waals surface area contributed by atoms with Crippen LogP contribution < -0.4 is 15.9 Å². The molecule has 3 heterocycles. The molecule has 0 saturated carbocycles. The van der Waals surface area contributed by atoms with Crippen LogP contribution >= 0.6 is 0 Å². The number of nitrogen functional groups attached to an aromatic ring is 1. The van der Waals surface area contributed by atoms with Crippen LogP contribution in [0.3, 0.4) is 0 Å². The van der Waals surface area contributed by atoms with Gasteiger partial charge in [-0.1, -0.05) is 25.1 Å². The smallest absolute Gasteiger partial charge is 0.199 e. The zero-order valence-electron chi connectivity index (χ0n) is 24.4. The van der Waals surface area contributed by atoms with Crippen molar-refractivity contribution >= 4 is 22.9 Å². The van der Waals surface area contributed by atoms with Gasteiger partial charge < -0.3 is 14.9 Å². The van der Waals surface area contributed by atoms with Crippen LogP contribution in [0, 0.1) is 18.7 Å². The first-order valence-electron chi connectivity index (χ1n) is 14.1. The lowest BCUT2D eigenvalue weighted by molar-refractivity contribution is 0.241. The Kier molecular flexibility index (Phi) is 7.07. The number of fused-ring (bicyclic) bond motifs is 2. The number of alkyl halides is 1. The van der Waals surface area contributed by atoms with Gasteiger partial charge in [0.15, 0.2) is 11.1 Å². The molecule has 10 heteroatoms. The van der Waals surface area contributed by atoms with Crippen molar-refractivity contribution < 1.29 is 17.9 Å². The molecule has 3 unspecified atom stereocenters. The monoisotopic (exact) mass is 583 g/mol. The minimum atomic E-state index is -1.57. The zero-order chi connectivity index (χ0) is 30.6. The first-order chi connectivity index (χ1) is 20.5. The van der Waals surface area contributed by atoms with Crippen molar-refractivity contribution in [3.8, 4) is 28.1 Å². The minimum Gasteiger partial charge on any atom is -0.491 e. The molecule has 43 heavy (non-hydrogen) atoms. The van der Waals surface area contributed by atoms with Gasteiger partial charge in [-0.3, -0.25) is 4.79 Å². The van der Waals surface area contributed by atoms with Crippen molar-refractivity contribution in [1.29, 1.82) is 0 Å². The highest BCUT2D eigenvalue weighted by atomic mass is 19.1. The highest BCUT2D eigenvalue weighted by molar-refractivity contribution is 5.98. The van der Waals surface area contributed by atoms with Crippen molar-refractivity contribution in [3.05, 3.63) is 93.6 Å². The summed E-state index contributed by atoms with van der Waals surface area (Å²) < 4.78 is 43.6. The first kappa shape index (κ1) is 28.3. The van der Waals surface area contributed by atoms with Crippen molar-refractivity contribution in [2.45, 2.75) is 52.9 Å². The highest BCUT2D eigenvalue weighted by Crippen LogP contribution is 2.40. The molecule has 2 aromatic carbocycles.